The number of benzene rings is 10. The van der Waals surface area contributed by atoms with Gasteiger partial charge in [-0.05, 0) is 103 Å². The molecule has 1 heterocycles. The van der Waals surface area contributed by atoms with Crippen LogP contribution in [0.25, 0.3) is 87.3 Å². The van der Waals surface area contributed by atoms with Crippen molar-refractivity contribution in [3.05, 3.63) is 200 Å². The molecule has 2 heteroatoms. The summed E-state index contributed by atoms with van der Waals surface area (Å²) in [7, 11) is 0. The molecular weight excluding hydrogens is 655 g/mol. The van der Waals surface area contributed by atoms with Crippen molar-refractivity contribution in [3.8, 4) is 22.3 Å². The van der Waals surface area contributed by atoms with Crippen molar-refractivity contribution in [2.24, 2.45) is 0 Å². The van der Waals surface area contributed by atoms with Gasteiger partial charge in [0.2, 0.25) is 0 Å². The first kappa shape index (κ1) is 21.4. The van der Waals surface area contributed by atoms with Gasteiger partial charge in [0.05, 0.1) is 20.8 Å². The van der Waals surface area contributed by atoms with E-state index in [1.807, 2.05) is 115 Å². The van der Waals surface area contributed by atoms with Crippen molar-refractivity contribution in [1.29, 1.82) is 0 Å². The topological polar surface area (TPSA) is 16.4 Å². The van der Waals surface area contributed by atoms with Gasteiger partial charge in [0.15, 0.2) is 0 Å². The Morgan fingerprint density at radius 2 is 1.15 bits per heavy atom. The van der Waals surface area contributed by atoms with Gasteiger partial charge in [-0.2, -0.15) is 0 Å². The van der Waals surface area contributed by atoms with Crippen LogP contribution in [0, 0.1) is 0 Å². The standard InChI is InChI=1S/C52H33NO/c1-5-19-42-34(12-1)15-10-24-49(42)53(39-29-26-36(27-30-39)48-33-38-14-3-4-18-41(38)45-21-7-8-22-46(45)48)40-17-9-16-37(32-40)43-23-11-25-50-51(43)47-31-28-35-13-2-6-20-44(35)52(47)54-50/h1-33H/i1D,5D,10D,12D,15D,19D,24D,26D,27D,29D,30D. The highest BCUT2D eigenvalue weighted by atomic mass is 16.3. The molecule has 10 aromatic carbocycles. The number of hydrogen-bond donors (Lipinski definition) is 0. The summed E-state index contributed by atoms with van der Waals surface area (Å²) in [4.78, 5) is 1.29. The molecule has 0 radical (unpaired) electrons. The fourth-order valence-corrected chi connectivity index (χ4v) is 7.76. The first-order chi connectivity index (χ1) is 31.4. The molecule has 1 aromatic heterocycles. The van der Waals surface area contributed by atoms with E-state index < -0.39 is 54.4 Å². The first-order valence-corrected chi connectivity index (χ1v) is 17.6. The van der Waals surface area contributed by atoms with Crippen molar-refractivity contribution in [2.45, 2.75) is 0 Å². The van der Waals surface area contributed by atoms with E-state index in [-0.39, 0.29) is 45.5 Å². The van der Waals surface area contributed by atoms with Gasteiger partial charge in [-0.15, -0.1) is 0 Å². The molecular formula is C52H33NO. The summed E-state index contributed by atoms with van der Waals surface area (Å²) in [5.74, 6) is 0. The fraction of sp³-hybridized carbons (Fsp3) is 0. The van der Waals surface area contributed by atoms with Crippen LogP contribution >= 0.6 is 0 Å². The molecule has 54 heavy (non-hydrogen) atoms. The lowest BCUT2D eigenvalue weighted by molar-refractivity contribution is 0.673. The molecule has 0 aliphatic heterocycles. The quantitative estimate of drug-likeness (QED) is 0.166. The average molecular weight is 699 g/mol. The molecule has 2 nitrogen and oxygen atoms in total. The number of rotatable bonds is 5. The minimum Gasteiger partial charge on any atom is -0.455 e. The maximum absolute atomic E-state index is 9.79. The monoisotopic (exact) mass is 698 g/mol. The third kappa shape index (κ3) is 4.81. The molecule has 252 valence electrons. The molecule has 0 saturated carbocycles. The highest BCUT2D eigenvalue weighted by Gasteiger charge is 2.19. The Morgan fingerprint density at radius 1 is 0.407 bits per heavy atom. The van der Waals surface area contributed by atoms with E-state index in [2.05, 4.69) is 0 Å². The summed E-state index contributed by atoms with van der Waals surface area (Å²) >= 11 is 0. The number of anilines is 3. The predicted molar refractivity (Wildman–Crippen MR) is 229 cm³/mol. The van der Waals surface area contributed by atoms with Gasteiger partial charge in [-0.1, -0.05) is 151 Å². The number of hydrogen-bond acceptors (Lipinski definition) is 2. The molecule has 0 atom stereocenters. The Labute approximate surface area is 328 Å². The zero-order chi connectivity index (χ0) is 45.2. The third-order valence-corrected chi connectivity index (χ3v) is 10.2. The highest BCUT2D eigenvalue weighted by Crippen LogP contribution is 2.44. The van der Waals surface area contributed by atoms with Crippen LogP contribution in [0.5, 0.6) is 0 Å². The number of fused-ring (bicyclic) bond motifs is 9. The maximum atomic E-state index is 9.79. The Hall–Kier alpha value is -7.16. The Balaban J connectivity index is 1.23. The summed E-state index contributed by atoms with van der Waals surface area (Å²) in [6.07, 6.45) is 0. The molecule has 0 bridgehead atoms. The zero-order valence-electron chi connectivity index (χ0n) is 39.6. The smallest absolute Gasteiger partial charge is 0.143 e. The second kappa shape index (κ2) is 12.2. The van der Waals surface area contributed by atoms with E-state index in [0.717, 1.165) is 48.7 Å². The van der Waals surface area contributed by atoms with E-state index in [9.17, 15) is 8.22 Å². The number of nitrogens with zero attached hydrogens (tertiary/aromatic N) is 1. The first-order valence-electron chi connectivity index (χ1n) is 23.1. The zero-order valence-corrected chi connectivity index (χ0v) is 28.6. The predicted octanol–water partition coefficient (Wildman–Crippen LogP) is 15.0. The van der Waals surface area contributed by atoms with Crippen molar-refractivity contribution >= 4 is 82.1 Å². The van der Waals surface area contributed by atoms with Crippen LogP contribution in [-0.2, 0) is 0 Å². The van der Waals surface area contributed by atoms with Crippen molar-refractivity contribution in [2.75, 3.05) is 4.90 Å². The lowest BCUT2D eigenvalue weighted by Crippen LogP contribution is -2.10. The molecule has 0 aliphatic carbocycles. The van der Waals surface area contributed by atoms with Gasteiger partial charge in [0.25, 0.3) is 0 Å². The van der Waals surface area contributed by atoms with Gasteiger partial charge >= 0.3 is 0 Å². The van der Waals surface area contributed by atoms with Crippen molar-refractivity contribution in [3.63, 3.8) is 0 Å². The van der Waals surface area contributed by atoms with Crippen LogP contribution in [0.4, 0.5) is 17.1 Å². The van der Waals surface area contributed by atoms with Gasteiger partial charge in [0, 0.05) is 32.9 Å². The molecule has 0 saturated heterocycles. The summed E-state index contributed by atoms with van der Waals surface area (Å²) in [6, 6.07) is 35.9. The van der Waals surface area contributed by atoms with Gasteiger partial charge in [-0.25, -0.2) is 0 Å². The van der Waals surface area contributed by atoms with Crippen LogP contribution in [0.3, 0.4) is 0 Å². The van der Waals surface area contributed by atoms with Gasteiger partial charge in [-0.3, -0.25) is 0 Å². The molecule has 0 aliphatic rings. The van der Waals surface area contributed by atoms with Crippen molar-refractivity contribution < 1.29 is 19.5 Å². The Bertz CT molecular complexity index is 3840. The molecule has 11 rings (SSSR count). The summed E-state index contributed by atoms with van der Waals surface area (Å²) in [5, 5.41) is 6.45. The normalized spacial score (nSPS) is 14.6. The second-order valence-electron chi connectivity index (χ2n) is 13.2. The SMILES string of the molecule is [2H]c1c([2H])c(N(c2cccc(-c3cccc4oc5c6ccccc6ccc5c34)c2)c2c([2H])c([2H])c([2H])c3c([2H])c([2H])c([2H])c([2H])c23)c([2H])c([2H])c1-c1cc2ccccc2c2ccccc12. The van der Waals surface area contributed by atoms with E-state index >= 15 is 0 Å². The molecule has 0 spiro atoms. The summed E-state index contributed by atoms with van der Waals surface area (Å²) in [6.45, 7) is 0. The highest BCUT2D eigenvalue weighted by molar-refractivity contribution is 6.19. The molecule has 11 aromatic rings. The third-order valence-electron chi connectivity index (χ3n) is 10.2. The fourth-order valence-electron chi connectivity index (χ4n) is 7.76. The van der Waals surface area contributed by atoms with Crippen LogP contribution in [0.15, 0.2) is 204 Å². The van der Waals surface area contributed by atoms with E-state index in [1.54, 1.807) is 18.2 Å². The molecule has 0 unspecified atom stereocenters. The van der Waals surface area contributed by atoms with Gasteiger partial charge < -0.3 is 9.32 Å². The van der Waals surface area contributed by atoms with E-state index in [0.29, 0.717) is 22.3 Å². The van der Waals surface area contributed by atoms with Crippen LogP contribution in [0.2, 0.25) is 0 Å². The van der Waals surface area contributed by atoms with E-state index in [4.69, 9.17) is 11.3 Å². The maximum Gasteiger partial charge on any atom is 0.143 e. The van der Waals surface area contributed by atoms with Crippen LogP contribution in [-0.4, -0.2) is 0 Å². The summed E-state index contributed by atoms with van der Waals surface area (Å²) < 4.78 is 108. The van der Waals surface area contributed by atoms with Crippen LogP contribution < -0.4 is 4.90 Å². The second-order valence-corrected chi connectivity index (χ2v) is 13.2. The molecule has 0 fully saturated rings. The minimum atomic E-state index is -0.643. The summed E-state index contributed by atoms with van der Waals surface area (Å²) in [5.41, 5.74) is 2.88. The van der Waals surface area contributed by atoms with Crippen LogP contribution in [0.1, 0.15) is 15.1 Å². The minimum absolute atomic E-state index is 0.0472. The molecule has 0 N–H and O–H groups in total. The largest absolute Gasteiger partial charge is 0.455 e. The van der Waals surface area contributed by atoms with E-state index in [1.165, 1.54) is 4.90 Å². The lowest BCUT2D eigenvalue weighted by Gasteiger charge is -2.27. The average Bonchev–Trinajstić information content (AvgIpc) is 3.73. The lowest BCUT2D eigenvalue weighted by atomic mass is 9.93. The Kier molecular flexibility index (Phi) is 4.84. The Morgan fingerprint density at radius 3 is 2.04 bits per heavy atom. The number of furan rings is 1. The molecule has 0 amide bonds. The van der Waals surface area contributed by atoms with Crippen molar-refractivity contribution in [1.82, 2.24) is 0 Å². The van der Waals surface area contributed by atoms with Gasteiger partial charge in [0.1, 0.15) is 11.2 Å².